The van der Waals surface area contributed by atoms with E-state index in [1.54, 1.807) is 7.11 Å². The third kappa shape index (κ3) is 2.56. The van der Waals surface area contributed by atoms with Gasteiger partial charge in [-0.2, -0.15) is 8.75 Å². The van der Waals surface area contributed by atoms with Crippen molar-refractivity contribution in [3.8, 4) is 0 Å². The lowest BCUT2D eigenvalue weighted by atomic mass is 10.3. The highest BCUT2D eigenvalue weighted by Gasteiger charge is 2.18. The lowest BCUT2D eigenvalue weighted by molar-refractivity contribution is 0.182. The Morgan fingerprint density at radius 1 is 1.57 bits per heavy atom. The molecule has 0 saturated heterocycles. The quantitative estimate of drug-likeness (QED) is 0.783. The summed E-state index contributed by atoms with van der Waals surface area (Å²) < 4.78 is 13.2. The van der Waals surface area contributed by atoms with Crippen LogP contribution in [0.25, 0.3) is 0 Å². The smallest absolute Gasteiger partial charge is 0.187 e. The number of aromatic nitrogens is 2. The predicted octanol–water partition coefficient (Wildman–Crippen LogP) is 2.05. The molecular weight excluding hydrogens is 222 g/mol. The first-order chi connectivity index (χ1) is 6.70. The number of nitrogens with zero attached hydrogens (tertiary/aromatic N) is 3. The molecular formula is C8H14ClN3OS. The van der Waals surface area contributed by atoms with Crippen molar-refractivity contribution in [1.29, 1.82) is 0 Å². The number of likely N-dealkylation sites (N-methyl/N-ethyl adjacent to an activating group) is 1. The van der Waals surface area contributed by atoms with Crippen LogP contribution in [0.5, 0.6) is 0 Å². The van der Waals surface area contributed by atoms with Crippen molar-refractivity contribution in [2.24, 2.45) is 0 Å². The van der Waals surface area contributed by atoms with Crippen molar-refractivity contribution in [2.45, 2.75) is 19.9 Å². The van der Waals surface area contributed by atoms with Crippen molar-refractivity contribution >= 4 is 29.1 Å². The molecule has 0 N–H and O–H groups in total. The van der Waals surface area contributed by atoms with E-state index in [1.807, 2.05) is 0 Å². The highest BCUT2D eigenvalue weighted by molar-refractivity contribution is 6.99. The second-order valence-corrected chi connectivity index (χ2v) is 3.86. The molecule has 1 rings (SSSR count). The first-order valence-electron chi connectivity index (χ1n) is 4.44. The third-order valence-electron chi connectivity index (χ3n) is 1.99. The van der Waals surface area contributed by atoms with Gasteiger partial charge in [-0.15, -0.1) is 0 Å². The molecule has 0 bridgehead atoms. The van der Waals surface area contributed by atoms with Gasteiger partial charge in [0, 0.05) is 13.7 Å². The highest BCUT2D eigenvalue weighted by atomic mass is 35.5. The second kappa shape index (κ2) is 5.48. The zero-order valence-electron chi connectivity index (χ0n) is 8.53. The van der Waals surface area contributed by atoms with Crippen LogP contribution in [-0.2, 0) is 4.74 Å². The molecule has 0 saturated carbocycles. The summed E-state index contributed by atoms with van der Waals surface area (Å²) in [4.78, 5) is 2.08. The van der Waals surface area contributed by atoms with Crippen LogP contribution >= 0.6 is 23.3 Å². The zero-order valence-corrected chi connectivity index (χ0v) is 10.1. The molecule has 1 atom stereocenters. The molecule has 4 nitrogen and oxygen atoms in total. The molecule has 14 heavy (non-hydrogen) atoms. The average molecular weight is 236 g/mol. The van der Waals surface area contributed by atoms with Gasteiger partial charge in [0.05, 0.1) is 24.4 Å². The molecule has 1 heterocycles. The van der Waals surface area contributed by atoms with Gasteiger partial charge in [0.1, 0.15) is 0 Å². The standard InChI is InChI=1S/C8H14ClN3OS/c1-4-12(6(2)5-13-3)8-7(9)10-14-11-8/h6H,4-5H2,1-3H3. The number of ether oxygens (including phenoxy) is 1. The van der Waals surface area contributed by atoms with Gasteiger partial charge in [-0.1, -0.05) is 11.6 Å². The van der Waals surface area contributed by atoms with Gasteiger partial charge >= 0.3 is 0 Å². The minimum absolute atomic E-state index is 0.256. The lowest BCUT2D eigenvalue weighted by Gasteiger charge is -2.27. The van der Waals surface area contributed by atoms with E-state index >= 15 is 0 Å². The Hall–Kier alpha value is -0.390. The number of methoxy groups -OCH3 is 1. The number of halogens is 1. The number of rotatable bonds is 5. The zero-order chi connectivity index (χ0) is 10.6. The largest absolute Gasteiger partial charge is 0.383 e. The van der Waals surface area contributed by atoms with Gasteiger partial charge in [-0.25, -0.2) is 0 Å². The highest BCUT2D eigenvalue weighted by Crippen LogP contribution is 2.24. The number of hydrogen-bond donors (Lipinski definition) is 0. The maximum Gasteiger partial charge on any atom is 0.187 e. The fraction of sp³-hybridized carbons (Fsp3) is 0.750. The molecule has 0 aliphatic carbocycles. The molecule has 1 aromatic heterocycles. The van der Waals surface area contributed by atoms with Gasteiger partial charge < -0.3 is 9.64 Å². The van der Waals surface area contributed by atoms with Crippen LogP contribution in [0.3, 0.4) is 0 Å². The van der Waals surface area contributed by atoms with Crippen LogP contribution in [0, 0.1) is 0 Å². The van der Waals surface area contributed by atoms with Crippen LogP contribution in [0.2, 0.25) is 5.15 Å². The summed E-state index contributed by atoms with van der Waals surface area (Å²) in [6.07, 6.45) is 0. The molecule has 0 radical (unpaired) electrons. The molecule has 0 spiro atoms. The van der Waals surface area contributed by atoms with E-state index < -0.39 is 0 Å². The summed E-state index contributed by atoms with van der Waals surface area (Å²) in [7, 11) is 1.69. The van der Waals surface area contributed by atoms with Crippen molar-refractivity contribution in [3.05, 3.63) is 5.15 Å². The van der Waals surface area contributed by atoms with Gasteiger partial charge in [0.15, 0.2) is 11.0 Å². The lowest BCUT2D eigenvalue weighted by Crippen LogP contribution is -2.36. The molecule has 0 aliphatic rings. The van der Waals surface area contributed by atoms with Crippen LogP contribution < -0.4 is 4.90 Å². The first-order valence-corrected chi connectivity index (χ1v) is 5.55. The van der Waals surface area contributed by atoms with E-state index in [1.165, 1.54) is 0 Å². The van der Waals surface area contributed by atoms with Gasteiger partial charge in [0.25, 0.3) is 0 Å². The minimum atomic E-state index is 0.256. The van der Waals surface area contributed by atoms with E-state index in [2.05, 4.69) is 27.5 Å². The summed E-state index contributed by atoms with van der Waals surface area (Å²) in [5, 5.41) is 0.472. The molecule has 1 aromatic rings. The molecule has 0 fully saturated rings. The first kappa shape index (κ1) is 11.7. The topological polar surface area (TPSA) is 38.2 Å². The average Bonchev–Trinajstić information content (AvgIpc) is 2.54. The van der Waals surface area contributed by atoms with Crippen LogP contribution in [0.1, 0.15) is 13.8 Å². The summed E-state index contributed by atoms with van der Waals surface area (Å²) in [5.41, 5.74) is 0. The summed E-state index contributed by atoms with van der Waals surface area (Å²) in [6, 6.07) is 0.256. The molecule has 80 valence electrons. The van der Waals surface area contributed by atoms with Crippen molar-refractivity contribution in [2.75, 3.05) is 25.2 Å². The molecule has 1 unspecified atom stereocenters. The third-order valence-corrected chi connectivity index (χ3v) is 2.86. The number of hydrogen-bond acceptors (Lipinski definition) is 5. The normalized spacial score (nSPS) is 12.9. The fourth-order valence-electron chi connectivity index (χ4n) is 1.35. The van der Waals surface area contributed by atoms with Crippen molar-refractivity contribution < 1.29 is 4.74 Å². The van der Waals surface area contributed by atoms with E-state index in [0.29, 0.717) is 11.8 Å². The summed E-state index contributed by atoms with van der Waals surface area (Å²) in [6.45, 7) is 5.63. The van der Waals surface area contributed by atoms with E-state index in [9.17, 15) is 0 Å². The van der Waals surface area contributed by atoms with Crippen LogP contribution in [-0.4, -0.2) is 35.1 Å². The molecule has 6 heteroatoms. The Bertz CT molecular complexity index is 281. The van der Waals surface area contributed by atoms with Crippen molar-refractivity contribution in [1.82, 2.24) is 8.75 Å². The van der Waals surface area contributed by atoms with Crippen LogP contribution in [0.4, 0.5) is 5.82 Å². The Morgan fingerprint density at radius 2 is 2.29 bits per heavy atom. The number of anilines is 1. The van der Waals surface area contributed by atoms with Crippen molar-refractivity contribution in [3.63, 3.8) is 0 Å². The summed E-state index contributed by atoms with van der Waals surface area (Å²) in [5.74, 6) is 0.753. The Morgan fingerprint density at radius 3 is 2.71 bits per heavy atom. The molecule has 0 aromatic carbocycles. The van der Waals surface area contributed by atoms with Gasteiger partial charge in [-0.05, 0) is 13.8 Å². The van der Waals surface area contributed by atoms with E-state index in [4.69, 9.17) is 16.3 Å². The fourth-order valence-corrected chi connectivity index (χ4v) is 2.10. The second-order valence-electron chi connectivity index (χ2n) is 2.97. The maximum atomic E-state index is 5.91. The summed E-state index contributed by atoms with van der Waals surface area (Å²) >= 11 is 7.04. The SMILES string of the molecule is CCN(c1nsnc1Cl)C(C)COC. The van der Waals surface area contributed by atoms with Gasteiger partial charge in [0.2, 0.25) is 0 Å². The van der Waals surface area contributed by atoms with Gasteiger partial charge in [-0.3, -0.25) is 0 Å². The monoisotopic (exact) mass is 235 g/mol. The maximum absolute atomic E-state index is 5.91. The molecule has 0 aliphatic heterocycles. The Kier molecular flexibility index (Phi) is 4.57. The van der Waals surface area contributed by atoms with Crippen LogP contribution in [0.15, 0.2) is 0 Å². The Balaban J connectivity index is 2.76. The van der Waals surface area contributed by atoms with E-state index in [-0.39, 0.29) is 6.04 Å². The predicted molar refractivity (Wildman–Crippen MR) is 59.3 cm³/mol. The molecule has 0 amide bonds. The van der Waals surface area contributed by atoms with E-state index in [0.717, 1.165) is 24.1 Å². The minimum Gasteiger partial charge on any atom is -0.383 e. The Labute approximate surface area is 93.2 Å².